The van der Waals surface area contributed by atoms with Gasteiger partial charge in [0.25, 0.3) is 5.91 Å². The second-order valence-corrected chi connectivity index (χ2v) is 5.52. The van der Waals surface area contributed by atoms with Crippen molar-refractivity contribution in [2.24, 2.45) is 5.92 Å². The minimum Gasteiger partial charge on any atom is -0.435 e. The number of piperidine rings is 1. The Hall–Kier alpha value is -1.36. The van der Waals surface area contributed by atoms with E-state index in [1.54, 1.807) is 17.0 Å². The highest BCUT2D eigenvalue weighted by Gasteiger charge is 2.24. The molecule has 1 aliphatic heterocycles. The molecule has 0 bridgehead atoms. The maximum atomic E-state index is 12.4. The molecule has 1 saturated heterocycles. The summed E-state index contributed by atoms with van der Waals surface area (Å²) in [6, 6.07) is 5.94. The van der Waals surface area contributed by atoms with E-state index in [2.05, 4.69) is 4.74 Å². The number of amides is 1. The number of rotatable bonds is 5. The van der Waals surface area contributed by atoms with Crippen molar-refractivity contribution in [1.29, 1.82) is 0 Å². The third-order valence-corrected chi connectivity index (χ3v) is 3.85. The molecule has 0 aromatic heterocycles. The number of ether oxygens (including phenoxy) is 1. The summed E-state index contributed by atoms with van der Waals surface area (Å²) in [7, 11) is 0. The standard InChI is InChI=1S/C15H18ClF2NO2/c16-7-6-11-3-2-8-19(10-11)14(20)12-4-1-5-13(9-12)21-15(17)18/h1,4-5,9,11,15H,2-3,6-8,10H2. The van der Waals surface area contributed by atoms with E-state index in [0.717, 1.165) is 19.3 Å². The van der Waals surface area contributed by atoms with Crippen LogP contribution < -0.4 is 4.74 Å². The summed E-state index contributed by atoms with van der Waals surface area (Å²) < 4.78 is 28.8. The number of carbonyl (C=O) groups excluding carboxylic acids is 1. The molecule has 21 heavy (non-hydrogen) atoms. The topological polar surface area (TPSA) is 29.5 Å². The Morgan fingerprint density at radius 1 is 1.48 bits per heavy atom. The molecule has 1 aliphatic rings. The van der Waals surface area contributed by atoms with Crippen LogP contribution in [0.1, 0.15) is 29.6 Å². The first kappa shape index (κ1) is 16.0. The first-order chi connectivity index (χ1) is 10.1. The summed E-state index contributed by atoms with van der Waals surface area (Å²) >= 11 is 5.76. The minimum atomic E-state index is -2.89. The summed E-state index contributed by atoms with van der Waals surface area (Å²) in [6.45, 7) is -1.53. The van der Waals surface area contributed by atoms with Crippen LogP contribution in [0, 0.1) is 5.92 Å². The van der Waals surface area contributed by atoms with E-state index in [-0.39, 0.29) is 11.7 Å². The van der Waals surface area contributed by atoms with Gasteiger partial charge in [-0.2, -0.15) is 8.78 Å². The van der Waals surface area contributed by atoms with Gasteiger partial charge in [0.1, 0.15) is 5.75 Å². The Kier molecular flexibility index (Phi) is 5.79. The molecule has 0 N–H and O–H groups in total. The van der Waals surface area contributed by atoms with E-state index >= 15 is 0 Å². The van der Waals surface area contributed by atoms with Gasteiger partial charge in [0.05, 0.1) is 0 Å². The quantitative estimate of drug-likeness (QED) is 0.774. The van der Waals surface area contributed by atoms with Gasteiger partial charge in [-0.3, -0.25) is 4.79 Å². The summed E-state index contributed by atoms with van der Waals surface area (Å²) in [4.78, 5) is 14.2. The van der Waals surface area contributed by atoms with Crippen LogP contribution in [0.2, 0.25) is 0 Å². The second kappa shape index (κ2) is 7.59. The molecule has 1 aromatic rings. The maximum absolute atomic E-state index is 12.4. The van der Waals surface area contributed by atoms with E-state index in [1.165, 1.54) is 12.1 Å². The molecule has 1 fully saturated rings. The predicted molar refractivity (Wildman–Crippen MR) is 77.0 cm³/mol. The van der Waals surface area contributed by atoms with Gasteiger partial charge in [0.15, 0.2) is 0 Å². The lowest BCUT2D eigenvalue weighted by Crippen LogP contribution is -2.40. The molecule has 1 aromatic carbocycles. The van der Waals surface area contributed by atoms with E-state index in [1.807, 2.05) is 0 Å². The fourth-order valence-corrected chi connectivity index (χ4v) is 2.94. The van der Waals surface area contributed by atoms with E-state index in [9.17, 15) is 13.6 Å². The van der Waals surface area contributed by atoms with Crippen LogP contribution in [0.3, 0.4) is 0 Å². The lowest BCUT2D eigenvalue weighted by molar-refractivity contribution is -0.0499. The van der Waals surface area contributed by atoms with Gasteiger partial charge in [0.2, 0.25) is 0 Å². The number of carbonyl (C=O) groups is 1. The summed E-state index contributed by atoms with van der Waals surface area (Å²) in [5.74, 6) is 0.865. The van der Waals surface area contributed by atoms with Crippen molar-refractivity contribution in [2.75, 3.05) is 19.0 Å². The van der Waals surface area contributed by atoms with Gasteiger partial charge < -0.3 is 9.64 Å². The second-order valence-electron chi connectivity index (χ2n) is 5.14. The van der Waals surface area contributed by atoms with Crippen LogP contribution in [0.25, 0.3) is 0 Å². The summed E-state index contributed by atoms with van der Waals surface area (Å²) in [6.07, 6.45) is 2.91. The molecule has 0 spiro atoms. The molecule has 1 unspecified atom stereocenters. The number of benzene rings is 1. The van der Waals surface area contributed by atoms with Gasteiger partial charge in [-0.05, 0) is 43.4 Å². The zero-order chi connectivity index (χ0) is 15.2. The number of hydrogen-bond acceptors (Lipinski definition) is 2. The first-order valence-electron chi connectivity index (χ1n) is 7.00. The molecule has 0 saturated carbocycles. The molecule has 3 nitrogen and oxygen atoms in total. The normalized spacial score (nSPS) is 18.9. The molecule has 1 heterocycles. The zero-order valence-corrected chi connectivity index (χ0v) is 12.4. The molecule has 1 atom stereocenters. The van der Waals surface area contributed by atoms with Crippen molar-refractivity contribution in [3.05, 3.63) is 29.8 Å². The average molecular weight is 318 g/mol. The van der Waals surface area contributed by atoms with Crippen molar-refractivity contribution in [2.45, 2.75) is 25.9 Å². The Morgan fingerprint density at radius 2 is 2.29 bits per heavy atom. The van der Waals surface area contributed by atoms with Crippen molar-refractivity contribution >= 4 is 17.5 Å². The smallest absolute Gasteiger partial charge is 0.387 e. The zero-order valence-electron chi connectivity index (χ0n) is 11.6. The number of hydrogen-bond donors (Lipinski definition) is 0. The summed E-state index contributed by atoms with van der Waals surface area (Å²) in [5.41, 5.74) is 0.375. The monoisotopic (exact) mass is 317 g/mol. The maximum Gasteiger partial charge on any atom is 0.387 e. The number of halogens is 3. The fraction of sp³-hybridized carbons (Fsp3) is 0.533. The van der Waals surface area contributed by atoms with Gasteiger partial charge in [-0.15, -0.1) is 11.6 Å². The predicted octanol–water partition coefficient (Wildman–Crippen LogP) is 3.77. The highest BCUT2D eigenvalue weighted by molar-refractivity contribution is 6.17. The van der Waals surface area contributed by atoms with Crippen molar-refractivity contribution in [1.82, 2.24) is 4.90 Å². The lowest BCUT2D eigenvalue weighted by Gasteiger charge is -2.32. The van der Waals surface area contributed by atoms with Crippen molar-refractivity contribution < 1.29 is 18.3 Å². The van der Waals surface area contributed by atoms with Gasteiger partial charge in [0, 0.05) is 24.5 Å². The number of nitrogens with zero attached hydrogens (tertiary/aromatic N) is 1. The molecule has 116 valence electrons. The van der Waals surface area contributed by atoms with Gasteiger partial charge in [-0.25, -0.2) is 0 Å². The Labute approximate surface area is 127 Å². The molecule has 1 amide bonds. The van der Waals surface area contributed by atoms with E-state index in [0.29, 0.717) is 30.5 Å². The van der Waals surface area contributed by atoms with Crippen LogP contribution in [0.4, 0.5) is 8.78 Å². The molecular formula is C15H18ClF2NO2. The van der Waals surface area contributed by atoms with E-state index in [4.69, 9.17) is 11.6 Å². The van der Waals surface area contributed by atoms with Crippen LogP contribution in [0.5, 0.6) is 5.75 Å². The minimum absolute atomic E-state index is 0.00478. The lowest BCUT2D eigenvalue weighted by atomic mass is 9.95. The SMILES string of the molecule is O=C(c1cccc(OC(F)F)c1)N1CCCC(CCCl)C1. The fourth-order valence-electron chi connectivity index (χ4n) is 2.63. The summed E-state index contributed by atoms with van der Waals surface area (Å²) in [5, 5.41) is 0. The Morgan fingerprint density at radius 3 is 3.00 bits per heavy atom. The molecule has 6 heteroatoms. The number of likely N-dealkylation sites (tertiary alicyclic amines) is 1. The Balaban J connectivity index is 2.05. The van der Waals surface area contributed by atoms with Crippen molar-refractivity contribution in [3.63, 3.8) is 0 Å². The molecule has 0 radical (unpaired) electrons. The average Bonchev–Trinajstić information content (AvgIpc) is 2.47. The third-order valence-electron chi connectivity index (χ3n) is 3.63. The van der Waals surface area contributed by atoms with Crippen LogP contribution >= 0.6 is 11.6 Å². The van der Waals surface area contributed by atoms with Gasteiger partial charge in [-0.1, -0.05) is 6.07 Å². The van der Waals surface area contributed by atoms with Gasteiger partial charge >= 0.3 is 6.61 Å². The highest BCUT2D eigenvalue weighted by Crippen LogP contribution is 2.23. The number of alkyl halides is 3. The Bertz CT molecular complexity index is 482. The first-order valence-corrected chi connectivity index (χ1v) is 7.53. The highest BCUT2D eigenvalue weighted by atomic mass is 35.5. The molecular weight excluding hydrogens is 300 g/mol. The van der Waals surface area contributed by atoms with E-state index < -0.39 is 6.61 Å². The van der Waals surface area contributed by atoms with Crippen LogP contribution in [0.15, 0.2) is 24.3 Å². The largest absolute Gasteiger partial charge is 0.435 e. The molecule has 2 rings (SSSR count). The van der Waals surface area contributed by atoms with Crippen LogP contribution in [-0.4, -0.2) is 36.4 Å². The van der Waals surface area contributed by atoms with Crippen molar-refractivity contribution in [3.8, 4) is 5.75 Å². The third kappa shape index (κ3) is 4.56. The van der Waals surface area contributed by atoms with Crippen LogP contribution in [-0.2, 0) is 0 Å². The molecule has 0 aliphatic carbocycles.